The van der Waals surface area contributed by atoms with Crippen molar-refractivity contribution in [3.63, 3.8) is 0 Å². The molecule has 1 aromatic rings. The molecule has 1 saturated carbocycles. The normalized spacial score (nSPS) is 22.9. The fourth-order valence-corrected chi connectivity index (χ4v) is 2.79. The molecule has 0 spiro atoms. The summed E-state index contributed by atoms with van der Waals surface area (Å²) in [5, 5.41) is 0. The van der Waals surface area contributed by atoms with Crippen LogP contribution in [0.3, 0.4) is 0 Å². The van der Waals surface area contributed by atoms with Crippen molar-refractivity contribution in [3.05, 3.63) is 35.9 Å². The molecule has 1 aliphatic carbocycles. The van der Waals surface area contributed by atoms with Crippen LogP contribution in [0.4, 0.5) is 0 Å². The molecule has 98 valence electrons. The summed E-state index contributed by atoms with van der Waals surface area (Å²) in [7, 11) is 0. The smallest absolute Gasteiger partial charge is 0.338 e. The van der Waals surface area contributed by atoms with Gasteiger partial charge < -0.3 is 4.74 Å². The molecule has 2 rings (SSSR count). The first-order chi connectivity index (χ1) is 8.79. The van der Waals surface area contributed by atoms with Crippen molar-refractivity contribution in [3.8, 4) is 0 Å². The van der Waals surface area contributed by atoms with Gasteiger partial charge in [-0.1, -0.05) is 44.4 Å². The molecule has 0 bridgehead atoms. The fourth-order valence-electron chi connectivity index (χ4n) is 2.79. The first kappa shape index (κ1) is 13.1. The maximum atomic E-state index is 11.7. The Morgan fingerprint density at radius 1 is 1.22 bits per heavy atom. The summed E-state index contributed by atoms with van der Waals surface area (Å²) in [6.07, 6.45) is 6.30. The number of benzene rings is 1. The monoisotopic (exact) mass is 246 g/mol. The number of ether oxygens (including phenoxy) is 1. The van der Waals surface area contributed by atoms with Crippen LogP contribution in [0.15, 0.2) is 30.3 Å². The van der Waals surface area contributed by atoms with Crippen LogP contribution in [0.2, 0.25) is 0 Å². The Bertz CT molecular complexity index is 372. The van der Waals surface area contributed by atoms with Gasteiger partial charge in [0.25, 0.3) is 0 Å². The van der Waals surface area contributed by atoms with E-state index in [0.29, 0.717) is 12.2 Å². The Hall–Kier alpha value is -1.31. The third-order valence-corrected chi connectivity index (χ3v) is 4.00. The first-order valence-corrected chi connectivity index (χ1v) is 7.01. The van der Waals surface area contributed by atoms with Gasteiger partial charge in [-0.15, -0.1) is 0 Å². The standard InChI is InChI=1S/C16H22O2/c1-2-13-8-9-14(12-13)10-11-18-16(17)15-6-4-3-5-7-15/h3-7,13-14H,2,8-12H2,1H3. The lowest BCUT2D eigenvalue weighted by Crippen LogP contribution is -2.09. The van der Waals surface area contributed by atoms with E-state index in [2.05, 4.69) is 6.92 Å². The zero-order valence-electron chi connectivity index (χ0n) is 11.1. The lowest BCUT2D eigenvalue weighted by atomic mass is 10.0. The van der Waals surface area contributed by atoms with Gasteiger partial charge in [0.2, 0.25) is 0 Å². The van der Waals surface area contributed by atoms with Gasteiger partial charge in [0.15, 0.2) is 0 Å². The Morgan fingerprint density at radius 3 is 2.61 bits per heavy atom. The van der Waals surface area contributed by atoms with E-state index in [0.717, 1.165) is 18.3 Å². The van der Waals surface area contributed by atoms with E-state index in [4.69, 9.17) is 4.74 Å². The highest BCUT2D eigenvalue weighted by atomic mass is 16.5. The molecule has 1 aliphatic rings. The van der Waals surface area contributed by atoms with E-state index >= 15 is 0 Å². The molecule has 0 saturated heterocycles. The zero-order chi connectivity index (χ0) is 12.8. The van der Waals surface area contributed by atoms with Gasteiger partial charge in [0, 0.05) is 0 Å². The Balaban J connectivity index is 1.68. The molecule has 2 unspecified atom stereocenters. The van der Waals surface area contributed by atoms with E-state index in [1.54, 1.807) is 12.1 Å². The van der Waals surface area contributed by atoms with Crippen molar-refractivity contribution in [2.75, 3.05) is 6.61 Å². The molecule has 0 N–H and O–H groups in total. The van der Waals surface area contributed by atoms with Crippen LogP contribution in [0.25, 0.3) is 0 Å². The first-order valence-electron chi connectivity index (χ1n) is 7.01. The summed E-state index contributed by atoms with van der Waals surface area (Å²) in [5.74, 6) is 1.47. The Morgan fingerprint density at radius 2 is 1.94 bits per heavy atom. The summed E-state index contributed by atoms with van der Waals surface area (Å²) in [6.45, 7) is 2.83. The van der Waals surface area contributed by atoms with Crippen LogP contribution in [0.5, 0.6) is 0 Å². The van der Waals surface area contributed by atoms with Crippen LogP contribution >= 0.6 is 0 Å². The third kappa shape index (κ3) is 3.59. The number of esters is 1. The SMILES string of the molecule is CCC1CCC(CCOC(=O)c2ccccc2)C1. The maximum absolute atomic E-state index is 11.7. The predicted octanol–water partition coefficient (Wildman–Crippen LogP) is 4.06. The van der Waals surface area contributed by atoms with Gasteiger partial charge in [0.1, 0.15) is 0 Å². The van der Waals surface area contributed by atoms with E-state index in [1.807, 2.05) is 18.2 Å². The van der Waals surface area contributed by atoms with Gasteiger partial charge in [0.05, 0.1) is 12.2 Å². The van der Waals surface area contributed by atoms with E-state index in [1.165, 1.54) is 25.7 Å². The lowest BCUT2D eigenvalue weighted by Gasteiger charge is -2.10. The summed E-state index contributed by atoms with van der Waals surface area (Å²) < 4.78 is 5.32. The second-order valence-corrected chi connectivity index (χ2v) is 5.24. The summed E-state index contributed by atoms with van der Waals surface area (Å²) in [5.41, 5.74) is 0.648. The topological polar surface area (TPSA) is 26.3 Å². The van der Waals surface area contributed by atoms with Crippen molar-refractivity contribution in [1.29, 1.82) is 0 Å². The number of rotatable bonds is 5. The lowest BCUT2D eigenvalue weighted by molar-refractivity contribution is 0.0483. The molecule has 0 amide bonds. The molecule has 2 atom stereocenters. The third-order valence-electron chi connectivity index (χ3n) is 4.00. The number of hydrogen-bond acceptors (Lipinski definition) is 2. The Labute approximate surface area is 109 Å². The molecular formula is C16H22O2. The molecule has 0 aliphatic heterocycles. The van der Waals surface area contributed by atoms with Gasteiger partial charge in [-0.3, -0.25) is 0 Å². The van der Waals surface area contributed by atoms with Crippen molar-refractivity contribution >= 4 is 5.97 Å². The van der Waals surface area contributed by atoms with E-state index in [9.17, 15) is 4.79 Å². The molecule has 1 fully saturated rings. The minimum atomic E-state index is -0.194. The highest BCUT2D eigenvalue weighted by Gasteiger charge is 2.23. The zero-order valence-corrected chi connectivity index (χ0v) is 11.1. The van der Waals surface area contributed by atoms with Crippen LogP contribution in [-0.2, 0) is 4.74 Å². The average Bonchev–Trinajstić information content (AvgIpc) is 2.87. The summed E-state index contributed by atoms with van der Waals surface area (Å²) in [6, 6.07) is 9.22. The van der Waals surface area contributed by atoms with Crippen molar-refractivity contribution in [1.82, 2.24) is 0 Å². The van der Waals surface area contributed by atoms with Crippen LogP contribution in [-0.4, -0.2) is 12.6 Å². The quantitative estimate of drug-likeness (QED) is 0.732. The van der Waals surface area contributed by atoms with E-state index < -0.39 is 0 Å². The van der Waals surface area contributed by atoms with Crippen LogP contribution in [0, 0.1) is 11.8 Å². The molecule has 1 aromatic carbocycles. The second kappa shape index (κ2) is 6.58. The highest BCUT2D eigenvalue weighted by molar-refractivity contribution is 5.89. The van der Waals surface area contributed by atoms with Crippen molar-refractivity contribution < 1.29 is 9.53 Å². The molecule has 0 heterocycles. The van der Waals surface area contributed by atoms with E-state index in [-0.39, 0.29) is 5.97 Å². The van der Waals surface area contributed by atoms with Gasteiger partial charge >= 0.3 is 5.97 Å². The predicted molar refractivity (Wildman–Crippen MR) is 72.5 cm³/mol. The molecule has 2 heteroatoms. The second-order valence-electron chi connectivity index (χ2n) is 5.24. The van der Waals surface area contributed by atoms with Gasteiger partial charge in [-0.05, 0) is 36.8 Å². The molecular weight excluding hydrogens is 224 g/mol. The summed E-state index contributed by atoms with van der Waals surface area (Å²) >= 11 is 0. The number of carbonyl (C=O) groups is 1. The van der Waals surface area contributed by atoms with Gasteiger partial charge in [-0.2, -0.15) is 0 Å². The van der Waals surface area contributed by atoms with Crippen LogP contribution < -0.4 is 0 Å². The number of hydrogen-bond donors (Lipinski definition) is 0. The molecule has 2 nitrogen and oxygen atoms in total. The number of carbonyl (C=O) groups excluding carboxylic acids is 1. The maximum Gasteiger partial charge on any atom is 0.338 e. The highest BCUT2D eigenvalue weighted by Crippen LogP contribution is 2.34. The van der Waals surface area contributed by atoms with Gasteiger partial charge in [-0.25, -0.2) is 4.79 Å². The summed E-state index contributed by atoms with van der Waals surface area (Å²) in [4.78, 5) is 11.7. The minimum Gasteiger partial charge on any atom is -0.462 e. The largest absolute Gasteiger partial charge is 0.462 e. The molecule has 0 aromatic heterocycles. The molecule has 18 heavy (non-hydrogen) atoms. The average molecular weight is 246 g/mol. The van der Waals surface area contributed by atoms with Crippen LogP contribution in [0.1, 0.15) is 49.4 Å². The fraction of sp³-hybridized carbons (Fsp3) is 0.562. The minimum absolute atomic E-state index is 0.194. The van der Waals surface area contributed by atoms with Crippen molar-refractivity contribution in [2.45, 2.75) is 39.0 Å². The van der Waals surface area contributed by atoms with Crippen molar-refractivity contribution in [2.24, 2.45) is 11.8 Å². The molecule has 0 radical (unpaired) electrons. The Kier molecular flexibility index (Phi) is 4.80.